The van der Waals surface area contributed by atoms with Crippen molar-refractivity contribution < 1.29 is 0 Å². The van der Waals surface area contributed by atoms with Gasteiger partial charge >= 0.3 is 0 Å². The van der Waals surface area contributed by atoms with Gasteiger partial charge in [-0.25, -0.2) is 0 Å². The van der Waals surface area contributed by atoms with Gasteiger partial charge in [0.1, 0.15) is 0 Å². The Kier molecular flexibility index (Phi) is 4.62. The zero-order valence-electron chi connectivity index (χ0n) is 9.94. The first kappa shape index (κ1) is 12.8. The zero-order chi connectivity index (χ0) is 12.1. The lowest BCUT2D eigenvalue weighted by atomic mass is 10.1. The molecule has 88 valence electrons. The molecule has 2 N–H and O–H groups in total. The molecule has 1 aromatic rings. The van der Waals surface area contributed by atoms with Gasteiger partial charge in [-0.1, -0.05) is 29.8 Å². The van der Waals surface area contributed by atoms with Crippen LogP contribution in [0.15, 0.2) is 29.3 Å². The summed E-state index contributed by atoms with van der Waals surface area (Å²) in [6.45, 7) is 4.70. The Bertz CT molecular complexity index is 376. The third kappa shape index (κ3) is 2.89. The largest absolute Gasteiger partial charge is 0.370 e. The summed E-state index contributed by atoms with van der Waals surface area (Å²) >= 11 is 6.14. The number of halogens is 1. The van der Waals surface area contributed by atoms with Gasteiger partial charge in [-0.05, 0) is 25.5 Å². The predicted molar refractivity (Wildman–Crippen MR) is 69.8 cm³/mol. The standard InChI is InChI=1S/C12H18ClN3/c1-4-15-12(14)16(3)9(2)10-7-5-6-8-11(10)13/h5-9H,4H2,1-3H3,(H2,14,15). The molecule has 0 saturated heterocycles. The van der Waals surface area contributed by atoms with Gasteiger partial charge in [-0.2, -0.15) is 0 Å². The lowest BCUT2D eigenvalue weighted by Gasteiger charge is -2.26. The molecule has 3 nitrogen and oxygen atoms in total. The van der Waals surface area contributed by atoms with Crippen LogP contribution in [0, 0.1) is 0 Å². The lowest BCUT2D eigenvalue weighted by molar-refractivity contribution is 0.397. The molecule has 4 heteroatoms. The van der Waals surface area contributed by atoms with E-state index >= 15 is 0 Å². The maximum atomic E-state index is 6.14. The van der Waals surface area contributed by atoms with Gasteiger partial charge in [-0.3, -0.25) is 4.99 Å². The molecule has 0 aromatic heterocycles. The van der Waals surface area contributed by atoms with Gasteiger partial charge in [-0.15, -0.1) is 0 Å². The van der Waals surface area contributed by atoms with Crippen LogP contribution in [0.1, 0.15) is 25.5 Å². The van der Waals surface area contributed by atoms with E-state index in [0.29, 0.717) is 12.5 Å². The lowest BCUT2D eigenvalue weighted by Crippen LogP contribution is -2.36. The number of guanidine groups is 1. The second-order valence-corrected chi connectivity index (χ2v) is 4.05. The average Bonchev–Trinajstić information content (AvgIpc) is 2.28. The molecule has 1 rings (SSSR count). The quantitative estimate of drug-likeness (QED) is 0.651. The van der Waals surface area contributed by atoms with Crippen molar-refractivity contribution in [2.75, 3.05) is 13.6 Å². The number of rotatable bonds is 3. The van der Waals surface area contributed by atoms with E-state index in [-0.39, 0.29) is 6.04 Å². The molecule has 16 heavy (non-hydrogen) atoms. The number of nitrogens with two attached hydrogens (primary N) is 1. The van der Waals surface area contributed by atoms with Crippen LogP contribution in [0.5, 0.6) is 0 Å². The highest BCUT2D eigenvalue weighted by atomic mass is 35.5. The number of benzene rings is 1. The Morgan fingerprint density at radius 2 is 2.12 bits per heavy atom. The van der Waals surface area contributed by atoms with Crippen molar-refractivity contribution in [1.82, 2.24) is 4.90 Å². The minimum atomic E-state index is 0.115. The van der Waals surface area contributed by atoms with Crippen molar-refractivity contribution in [2.45, 2.75) is 19.9 Å². The molecule has 0 radical (unpaired) electrons. The predicted octanol–water partition coefficient (Wildman–Crippen LogP) is 2.67. The van der Waals surface area contributed by atoms with E-state index in [2.05, 4.69) is 11.9 Å². The van der Waals surface area contributed by atoms with Crippen molar-refractivity contribution in [3.8, 4) is 0 Å². The average molecular weight is 240 g/mol. The number of hydrogen-bond donors (Lipinski definition) is 1. The summed E-state index contributed by atoms with van der Waals surface area (Å²) in [7, 11) is 1.92. The van der Waals surface area contributed by atoms with Crippen LogP contribution in [0.3, 0.4) is 0 Å². The van der Waals surface area contributed by atoms with Crippen LogP contribution in [-0.4, -0.2) is 24.5 Å². The maximum Gasteiger partial charge on any atom is 0.191 e. The van der Waals surface area contributed by atoms with E-state index < -0.39 is 0 Å². The molecular formula is C12H18ClN3. The van der Waals surface area contributed by atoms with E-state index in [0.717, 1.165) is 10.6 Å². The van der Waals surface area contributed by atoms with Crippen molar-refractivity contribution in [3.05, 3.63) is 34.9 Å². The molecule has 0 saturated carbocycles. The second-order valence-electron chi connectivity index (χ2n) is 3.64. The van der Waals surface area contributed by atoms with Crippen molar-refractivity contribution >= 4 is 17.6 Å². The first-order chi connectivity index (χ1) is 7.57. The highest BCUT2D eigenvalue weighted by molar-refractivity contribution is 6.31. The number of nitrogens with zero attached hydrogens (tertiary/aromatic N) is 2. The molecule has 0 aliphatic carbocycles. The molecule has 0 aliphatic heterocycles. The first-order valence-electron chi connectivity index (χ1n) is 5.35. The minimum Gasteiger partial charge on any atom is -0.370 e. The second kappa shape index (κ2) is 5.75. The fourth-order valence-corrected chi connectivity index (χ4v) is 1.79. The van der Waals surface area contributed by atoms with Gasteiger partial charge in [0, 0.05) is 18.6 Å². The van der Waals surface area contributed by atoms with E-state index in [1.807, 2.05) is 43.1 Å². The first-order valence-corrected chi connectivity index (χ1v) is 5.72. The molecule has 0 amide bonds. The smallest absolute Gasteiger partial charge is 0.191 e. The Morgan fingerprint density at radius 3 is 2.69 bits per heavy atom. The Hall–Kier alpha value is -1.22. The van der Waals surface area contributed by atoms with Crippen LogP contribution >= 0.6 is 11.6 Å². The van der Waals surface area contributed by atoms with Gasteiger partial charge in [0.15, 0.2) is 5.96 Å². The Labute approximate surface area is 102 Å². The summed E-state index contributed by atoms with van der Waals surface area (Å²) in [4.78, 5) is 6.10. The number of aliphatic imine (C=N–C) groups is 1. The van der Waals surface area contributed by atoms with Crippen LogP contribution in [-0.2, 0) is 0 Å². The van der Waals surface area contributed by atoms with Gasteiger partial charge in [0.05, 0.1) is 6.04 Å². The Balaban J connectivity index is 2.90. The van der Waals surface area contributed by atoms with Crippen molar-refractivity contribution in [3.63, 3.8) is 0 Å². The van der Waals surface area contributed by atoms with Crippen LogP contribution in [0.2, 0.25) is 5.02 Å². The van der Waals surface area contributed by atoms with Crippen molar-refractivity contribution in [1.29, 1.82) is 0 Å². The van der Waals surface area contributed by atoms with E-state index in [1.54, 1.807) is 0 Å². The molecular weight excluding hydrogens is 222 g/mol. The third-order valence-electron chi connectivity index (χ3n) is 2.62. The molecule has 0 heterocycles. The van der Waals surface area contributed by atoms with E-state index in [1.165, 1.54) is 0 Å². The SMILES string of the molecule is CCN=C(N)N(C)C(C)c1ccccc1Cl. The van der Waals surface area contributed by atoms with E-state index in [9.17, 15) is 0 Å². The van der Waals surface area contributed by atoms with Gasteiger partial charge in [0.25, 0.3) is 0 Å². The van der Waals surface area contributed by atoms with Crippen LogP contribution < -0.4 is 5.73 Å². The molecule has 0 fully saturated rings. The summed E-state index contributed by atoms with van der Waals surface area (Å²) in [5.74, 6) is 0.537. The summed E-state index contributed by atoms with van der Waals surface area (Å²) in [5, 5.41) is 0.756. The third-order valence-corrected chi connectivity index (χ3v) is 2.96. The maximum absolute atomic E-state index is 6.14. The summed E-state index contributed by atoms with van der Waals surface area (Å²) < 4.78 is 0. The summed E-state index contributed by atoms with van der Waals surface area (Å²) in [6, 6.07) is 7.89. The van der Waals surface area contributed by atoms with Gasteiger partial charge in [0.2, 0.25) is 0 Å². The van der Waals surface area contributed by atoms with Crippen LogP contribution in [0.4, 0.5) is 0 Å². The molecule has 0 bridgehead atoms. The normalized spacial score (nSPS) is 13.6. The zero-order valence-corrected chi connectivity index (χ0v) is 10.7. The fourth-order valence-electron chi connectivity index (χ4n) is 1.49. The van der Waals surface area contributed by atoms with E-state index in [4.69, 9.17) is 17.3 Å². The molecule has 1 unspecified atom stereocenters. The molecule has 0 aliphatic rings. The minimum absolute atomic E-state index is 0.115. The summed E-state index contributed by atoms with van der Waals surface area (Å²) in [5.41, 5.74) is 6.91. The Morgan fingerprint density at radius 1 is 1.50 bits per heavy atom. The number of hydrogen-bond acceptors (Lipinski definition) is 1. The topological polar surface area (TPSA) is 41.6 Å². The fraction of sp³-hybridized carbons (Fsp3) is 0.417. The summed E-state index contributed by atoms with van der Waals surface area (Å²) in [6.07, 6.45) is 0. The molecule has 0 spiro atoms. The molecule has 1 atom stereocenters. The van der Waals surface area contributed by atoms with Crippen molar-refractivity contribution in [2.24, 2.45) is 10.7 Å². The van der Waals surface area contributed by atoms with Gasteiger partial charge < -0.3 is 10.6 Å². The monoisotopic (exact) mass is 239 g/mol. The highest BCUT2D eigenvalue weighted by Gasteiger charge is 2.15. The molecule has 1 aromatic carbocycles. The van der Waals surface area contributed by atoms with Crippen LogP contribution in [0.25, 0.3) is 0 Å². The highest BCUT2D eigenvalue weighted by Crippen LogP contribution is 2.25.